The second kappa shape index (κ2) is 9.14. The Kier molecular flexibility index (Phi) is 7.51. The minimum absolute atomic E-state index is 0.950. The first-order chi connectivity index (χ1) is 10.7. The molecule has 0 heterocycles. The monoisotopic (exact) mass is 304 g/mol. The Morgan fingerprint density at radius 1 is 1.00 bits per heavy atom. The van der Waals surface area contributed by atoms with Gasteiger partial charge in [-0.3, -0.25) is 0 Å². The minimum Gasteiger partial charge on any atom is -0.0882 e. The lowest BCUT2D eigenvalue weighted by Gasteiger charge is -2.33. The fourth-order valence-electron chi connectivity index (χ4n) is 5.56. The molecular formula is C22H40. The lowest BCUT2D eigenvalue weighted by Crippen LogP contribution is -2.24. The van der Waals surface area contributed by atoms with Crippen molar-refractivity contribution in [1.29, 1.82) is 0 Å². The van der Waals surface area contributed by atoms with Gasteiger partial charge in [0.2, 0.25) is 0 Å². The molecule has 0 N–H and O–H groups in total. The molecule has 0 aromatic carbocycles. The van der Waals surface area contributed by atoms with E-state index in [-0.39, 0.29) is 0 Å². The topological polar surface area (TPSA) is 0 Å². The number of hydrogen-bond acceptors (Lipinski definition) is 0. The summed E-state index contributed by atoms with van der Waals surface area (Å²) in [5.41, 5.74) is 1.82. The summed E-state index contributed by atoms with van der Waals surface area (Å²) in [6.45, 7) is 9.42. The van der Waals surface area contributed by atoms with Crippen LogP contribution in [0, 0.1) is 29.6 Å². The van der Waals surface area contributed by atoms with E-state index in [2.05, 4.69) is 33.8 Å². The molecule has 2 aliphatic rings. The number of allylic oxidation sites excluding steroid dienone is 2. The van der Waals surface area contributed by atoms with Crippen LogP contribution in [0.1, 0.15) is 98.3 Å². The van der Waals surface area contributed by atoms with Crippen molar-refractivity contribution in [2.75, 3.05) is 0 Å². The fourth-order valence-corrected chi connectivity index (χ4v) is 5.56. The molecule has 2 aliphatic carbocycles. The Balaban J connectivity index is 1.88. The Hall–Kier alpha value is -0.260. The molecule has 0 radical (unpaired) electrons. The van der Waals surface area contributed by atoms with E-state index in [1.54, 1.807) is 0 Å². The van der Waals surface area contributed by atoms with E-state index >= 15 is 0 Å². The van der Waals surface area contributed by atoms with Crippen LogP contribution in [0.5, 0.6) is 0 Å². The van der Waals surface area contributed by atoms with Crippen molar-refractivity contribution in [3.63, 3.8) is 0 Å². The van der Waals surface area contributed by atoms with Crippen LogP contribution in [-0.2, 0) is 0 Å². The number of rotatable bonds is 10. The van der Waals surface area contributed by atoms with Crippen LogP contribution in [0.25, 0.3) is 0 Å². The minimum atomic E-state index is 0.950. The standard InChI is InChI=1S/C22H40/c1-5-8-9-10-12-21-20(14-13-17(4)11-6-2)19-15-18(7-3)22(21)16-19/h7,17,19-22H,5-6,8-16H2,1-4H3/b18-7+. The highest BCUT2D eigenvalue weighted by molar-refractivity contribution is 5.20. The summed E-state index contributed by atoms with van der Waals surface area (Å²) < 4.78 is 0. The number of unbranched alkanes of at least 4 members (excludes halogenated alkanes) is 3. The maximum absolute atomic E-state index is 2.48. The molecule has 2 fully saturated rings. The van der Waals surface area contributed by atoms with Gasteiger partial charge in [-0.15, -0.1) is 0 Å². The van der Waals surface area contributed by atoms with E-state index in [1.807, 2.05) is 5.57 Å². The largest absolute Gasteiger partial charge is 0.0882 e. The second-order valence-corrected chi connectivity index (χ2v) is 8.32. The molecule has 0 heteroatoms. The second-order valence-electron chi connectivity index (χ2n) is 8.32. The molecule has 0 nitrogen and oxygen atoms in total. The molecule has 0 aromatic heterocycles. The van der Waals surface area contributed by atoms with Gasteiger partial charge in [-0.1, -0.05) is 77.4 Å². The summed E-state index contributed by atoms with van der Waals surface area (Å²) in [7, 11) is 0. The van der Waals surface area contributed by atoms with Gasteiger partial charge in [0.25, 0.3) is 0 Å². The summed E-state index contributed by atoms with van der Waals surface area (Å²) in [4.78, 5) is 0. The van der Waals surface area contributed by atoms with E-state index in [9.17, 15) is 0 Å². The molecule has 5 atom stereocenters. The lowest BCUT2D eigenvalue weighted by molar-refractivity contribution is 0.212. The molecule has 2 rings (SSSR count). The zero-order valence-electron chi connectivity index (χ0n) is 15.7. The predicted molar refractivity (Wildman–Crippen MR) is 99.0 cm³/mol. The summed E-state index contributed by atoms with van der Waals surface area (Å²) in [6, 6.07) is 0. The van der Waals surface area contributed by atoms with E-state index in [1.165, 1.54) is 70.6 Å². The van der Waals surface area contributed by atoms with E-state index in [0.717, 1.165) is 29.6 Å². The molecule has 22 heavy (non-hydrogen) atoms. The van der Waals surface area contributed by atoms with Crippen LogP contribution < -0.4 is 0 Å². The van der Waals surface area contributed by atoms with Crippen molar-refractivity contribution in [2.24, 2.45) is 29.6 Å². The molecule has 5 unspecified atom stereocenters. The molecule has 0 saturated heterocycles. The summed E-state index contributed by atoms with van der Waals surface area (Å²) in [5.74, 6) is 5.07. The van der Waals surface area contributed by atoms with Gasteiger partial charge in [0, 0.05) is 0 Å². The summed E-state index contributed by atoms with van der Waals surface area (Å²) >= 11 is 0. The van der Waals surface area contributed by atoms with Gasteiger partial charge in [0.15, 0.2) is 0 Å². The lowest BCUT2D eigenvalue weighted by atomic mass is 9.72. The predicted octanol–water partition coefficient (Wildman–Crippen LogP) is 7.39. The van der Waals surface area contributed by atoms with Gasteiger partial charge in [0.05, 0.1) is 0 Å². The van der Waals surface area contributed by atoms with Gasteiger partial charge in [-0.2, -0.15) is 0 Å². The first-order valence-electron chi connectivity index (χ1n) is 10.4. The molecule has 2 bridgehead atoms. The molecule has 0 aliphatic heterocycles. The Morgan fingerprint density at radius 2 is 1.82 bits per heavy atom. The summed E-state index contributed by atoms with van der Waals surface area (Å²) in [5, 5.41) is 0. The van der Waals surface area contributed by atoms with Crippen LogP contribution in [-0.4, -0.2) is 0 Å². The van der Waals surface area contributed by atoms with Crippen LogP contribution >= 0.6 is 0 Å². The van der Waals surface area contributed by atoms with Crippen LogP contribution in [0.2, 0.25) is 0 Å². The number of fused-ring (bicyclic) bond motifs is 2. The molecule has 0 amide bonds. The van der Waals surface area contributed by atoms with Gasteiger partial charge in [-0.05, 0) is 62.2 Å². The average molecular weight is 305 g/mol. The first kappa shape index (κ1) is 18.1. The maximum atomic E-state index is 2.48. The highest BCUT2D eigenvalue weighted by atomic mass is 14.5. The van der Waals surface area contributed by atoms with Crippen LogP contribution in [0.15, 0.2) is 11.6 Å². The van der Waals surface area contributed by atoms with Gasteiger partial charge in [-0.25, -0.2) is 0 Å². The fraction of sp³-hybridized carbons (Fsp3) is 0.909. The molecule has 0 spiro atoms. The highest BCUT2D eigenvalue weighted by Gasteiger charge is 2.48. The third kappa shape index (κ3) is 4.39. The summed E-state index contributed by atoms with van der Waals surface area (Å²) in [6.07, 6.45) is 18.5. The molecule has 2 saturated carbocycles. The highest BCUT2D eigenvalue weighted by Crippen LogP contribution is 2.58. The van der Waals surface area contributed by atoms with E-state index in [4.69, 9.17) is 0 Å². The quantitative estimate of drug-likeness (QED) is 0.291. The zero-order chi connectivity index (χ0) is 15.9. The van der Waals surface area contributed by atoms with E-state index in [0.29, 0.717) is 0 Å². The average Bonchev–Trinajstić information content (AvgIpc) is 3.07. The smallest absolute Gasteiger partial charge is 0.0169 e. The third-order valence-corrected chi connectivity index (χ3v) is 6.74. The molecule has 128 valence electrons. The van der Waals surface area contributed by atoms with Crippen molar-refractivity contribution in [1.82, 2.24) is 0 Å². The van der Waals surface area contributed by atoms with Gasteiger partial charge < -0.3 is 0 Å². The number of hydrogen-bond donors (Lipinski definition) is 0. The Bertz CT molecular complexity index is 340. The van der Waals surface area contributed by atoms with Gasteiger partial charge in [0.1, 0.15) is 0 Å². The van der Waals surface area contributed by atoms with Crippen molar-refractivity contribution >= 4 is 0 Å². The van der Waals surface area contributed by atoms with Crippen molar-refractivity contribution < 1.29 is 0 Å². The maximum Gasteiger partial charge on any atom is -0.0169 e. The van der Waals surface area contributed by atoms with Crippen LogP contribution in [0.4, 0.5) is 0 Å². The van der Waals surface area contributed by atoms with Crippen LogP contribution in [0.3, 0.4) is 0 Å². The van der Waals surface area contributed by atoms with Crippen molar-refractivity contribution in [3.8, 4) is 0 Å². The SMILES string of the molecule is C/C=C1\CC2CC1C(CCCCCC)C2CCC(C)CCC. The Morgan fingerprint density at radius 3 is 2.50 bits per heavy atom. The first-order valence-corrected chi connectivity index (χ1v) is 10.4. The molecule has 0 aromatic rings. The molecular weight excluding hydrogens is 264 g/mol. The van der Waals surface area contributed by atoms with Crippen molar-refractivity contribution in [3.05, 3.63) is 11.6 Å². The zero-order valence-corrected chi connectivity index (χ0v) is 15.7. The Labute approximate surface area is 140 Å². The normalized spacial score (nSPS) is 33.7. The van der Waals surface area contributed by atoms with E-state index < -0.39 is 0 Å². The third-order valence-electron chi connectivity index (χ3n) is 6.74. The van der Waals surface area contributed by atoms with Crippen molar-refractivity contribution in [2.45, 2.75) is 98.3 Å². The van der Waals surface area contributed by atoms with Gasteiger partial charge >= 0.3 is 0 Å².